The van der Waals surface area contributed by atoms with Gasteiger partial charge in [-0.05, 0) is 36.2 Å². The van der Waals surface area contributed by atoms with E-state index in [4.69, 9.17) is 10.6 Å². The molecule has 0 aliphatic carbocycles. The fraction of sp³-hybridized carbons (Fsp3) is 0.231. The van der Waals surface area contributed by atoms with E-state index >= 15 is 0 Å². The molecule has 3 N–H and O–H groups in total. The molecule has 0 radical (unpaired) electrons. The first-order valence-corrected chi connectivity index (χ1v) is 6.37. The summed E-state index contributed by atoms with van der Waals surface area (Å²) in [4.78, 5) is 0.986. The van der Waals surface area contributed by atoms with Crippen LogP contribution in [-0.4, -0.2) is 7.11 Å². The Hall–Kier alpha value is -1.43. The Balaban J connectivity index is 2.38. The average molecular weight is 266 g/mol. The fourth-order valence-corrected chi connectivity index (χ4v) is 2.81. The molecule has 1 aromatic heterocycles. The van der Waals surface area contributed by atoms with Gasteiger partial charge in [0.15, 0.2) is 0 Å². The lowest BCUT2D eigenvalue weighted by Gasteiger charge is -2.15. The average Bonchev–Trinajstić information content (AvgIpc) is 2.77. The van der Waals surface area contributed by atoms with E-state index in [0.717, 1.165) is 21.8 Å². The summed E-state index contributed by atoms with van der Waals surface area (Å²) < 4.78 is 18.6. The number of halogens is 1. The summed E-state index contributed by atoms with van der Waals surface area (Å²) in [6, 6.07) is 6.57. The summed E-state index contributed by atoms with van der Waals surface area (Å²) in [7, 11) is 1.61. The first kappa shape index (κ1) is 13.0. The highest BCUT2D eigenvalue weighted by atomic mass is 32.1. The molecule has 0 aliphatic heterocycles. The summed E-state index contributed by atoms with van der Waals surface area (Å²) in [6.45, 7) is 1.86. The molecule has 0 fully saturated rings. The number of nitrogens with one attached hydrogen (secondary N) is 1. The number of hydrogen-bond donors (Lipinski definition) is 2. The van der Waals surface area contributed by atoms with Crippen LogP contribution in [0.4, 0.5) is 4.39 Å². The normalized spacial score (nSPS) is 12.4. The van der Waals surface area contributed by atoms with E-state index < -0.39 is 0 Å². The van der Waals surface area contributed by atoms with Crippen molar-refractivity contribution < 1.29 is 9.13 Å². The molecule has 2 aromatic rings. The van der Waals surface area contributed by atoms with Crippen molar-refractivity contribution in [1.29, 1.82) is 0 Å². The highest BCUT2D eigenvalue weighted by Crippen LogP contribution is 2.31. The Labute approximate surface area is 109 Å². The highest BCUT2D eigenvalue weighted by molar-refractivity contribution is 7.10. The van der Waals surface area contributed by atoms with Gasteiger partial charge in [0, 0.05) is 10.3 Å². The third-order valence-electron chi connectivity index (χ3n) is 2.68. The van der Waals surface area contributed by atoms with Crippen molar-refractivity contribution in [3.05, 3.63) is 51.5 Å². The fourth-order valence-electron chi connectivity index (χ4n) is 1.87. The maximum Gasteiger partial charge on any atom is 0.129 e. The van der Waals surface area contributed by atoms with Gasteiger partial charge >= 0.3 is 0 Å². The van der Waals surface area contributed by atoms with Crippen molar-refractivity contribution in [3.63, 3.8) is 0 Å². The molecule has 1 atom stereocenters. The van der Waals surface area contributed by atoms with Crippen LogP contribution < -0.4 is 16.0 Å². The molecule has 96 valence electrons. The van der Waals surface area contributed by atoms with Crippen LogP contribution in [0.15, 0.2) is 29.6 Å². The quantitative estimate of drug-likeness (QED) is 0.661. The van der Waals surface area contributed by atoms with E-state index in [1.54, 1.807) is 7.11 Å². The van der Waals surface area contributed by atoms with Crippen molar-refractivity contribution in [2.75, 3.05) is 7.11 Å². The van der Waals surface area contributed by atoms with Crippen LogP contribution in [0.25, 0.3) is 0 Å². The Morgan fingerprint density at radius 3 is 2.67 bits per heavy atom. The van der Waals surface area contributed by atoms with Crippen molar-refractivity contribution in [2.45, 2.75) is 13.0 Å². The number of methoxy groups -OCH3 is 1. The van der Waals surface area contributed by atoms with Gasteiger partial charge in [-0.3, -0.25) is 5.84 Å². The molecule has 0 spiro atoms. The second kappa shape index (κ2) is 5.48. The first-order chi connectivity index (χ1) is 8.63. The zero-order valence-corrected chi connectivity index (χ0v) is 11.1. The predicted octanol–water partition coefficient (Wildman–Crippen LogP) is 2.76. The molecule has 0 saturated carbocycles. The molecule has 1 unspecified atom stereocenters. The van der Waals surface area contributed by atoms with Gasteiger partial charge in [-0.25, -0.2) is 9.82 Å². The van der Waals surface area contributed by atoms with Gasteiger partial charge < -0.3 is 4.74 Å². The molecule has 1 heterocycles. The molecule has 0 aliphatic rings. The standard InChI is InChI=1S/C13H15FN2OS/c1-8-3-9(5-10(14)4-8)13(16-15)12-6-11(17-2)7-18-12/h3-7,13,16H,15H2,1-2H3. The smallest absolute Gasteiger partial charge is 0.129 e. The molecule has 5 heteroatoms. The van der Waals surface area contributed by atoms with Crippen LogP contribution in [0, 0.1) is 12.7 Å². The zero-order valence-electron chi connectivity index (χ0n) is 10.2. The van der Waals surface area contributed by atoms with Crippen molar-refractivity contribution in [3.8, 4) is 5.75 Å². The molecular weight excluding hydrogens is 251 g/mol. The Morgan fingerprint density at radius 1 is 1.33 bits per heavy atom. The van der Waals surface area contributed by atoms with Gasteiger partial charge in [-0.2, -0.15) is 0 Å². The van der Waals surface area contributed by atoms with E-state index in [-0.39, 0.29) is 11.9 Å². The summed E-state index contributed by atoms with van der Waals surface area (Å²) in [5, 5.41) is 1.89. The van der Waals surface area contributed by atoms with Crippen LogP contribution in [0.3, 0.4) is 0 Å². The molecule has 0 saturated heterocycles. The molecule has 3 nitrogen and oxygen atoms in total. The highest BCUT2D eigenvalue weighted by Gasteiger charge is 2.16. The van der Waals surface area contributed by atoms with Crippen molar-refractivity contribution in [1.82, 2.24) is 5.43 Å². The predicted molar refractivity (Wildman–Crippen MR) is 71.2 cm³/mol. The van der Waals surface area contributed by atoms with Crippen LogP contribution in [0.1, 0.15) is 22.0 Å². The maximum atomic E-state index is 13.4. The van der Waals surface area contributed by atoms with E-state index in [2.05, 4.69) is 5.43 Å². The lowest BCUT2D eigenvalue weighted by Crippen LogP contribution is -2.28. The van der Waals surface area contributed by atoms with Gasteiger partial charge in [-0.15, -0.1) is 11.3 Å². The molecule has 0 amide bonds. The lowest BCUT2D eigenvalue weighted by atomic mass is 10.0. The molecule has 0 bridgehead atoms. The minimum Gasteiger partial charge on any atom is -0.496 e. The van der Waals surface area contributed by atoms with Crippen molar-refractivity contribution >= 4 is 11.3 Å². The van der Waals surface area contributed by atoms with E-state index in [1.807, 2.05) is 24.4 Å². The SMILES string of the molecule is COc1csc(C(NN)c2cc(C)cc(F)c2)c1. The van der Waals surface area contributed by atoms with E-state index in [1.165, 1.54) is 23.5 Å². The number of benzene rings is 1. The number of thiophene rings is 1. The summed E-state index contributed by atoms with van der Waals surface area (Å²) >= 11 is 1.52. The Kier molecular flexibility index (Phi) is 3.96. The van der Waals surface area contributed by atoms with Crippen molar-refractivity contribution in [2.24, 2.45) is 5.84 Å². The topological polar surface area (TPSA) is 47.3 Å². The van der Waals surface area contributed by atoms with Crippen LogP contribution in [0.2, 0.25) is 0 Å². The largest absolute Gasteiger partial charge is 0.496 e. The third kappa shape index (κ3) is 2.69. The zero-order chi connectivity index (χ0) is 13.1. The minimum atomic E-state index is -0.256. The number of hydrazine groups is 1. The summed E-state index contributed by atoms with van der Waals surface area (Å²) in [5.74, 6) is 6.11. The maximum absolute atomic E-state index is 13.4. The monoisotopic (exact) mass is 266 g/mol. The van der Waals surface area contributed by atoms with E-state index in [0.29, 0.717) is 0 Å². The Morgan fingerprint density at radius 2 is 2.11 bits per heavy atom. The van der Waals surface area contributed by atoms with Gasteiger partial charge in [0.1, 0.15) is 11.6 Å². The second-order valence-electron chi connectivity index (χ2n) is 4.05. The lowest BCUT2D eigenvalue weighted by molar-refractivity contribution is 0.416. The molecule has 1 aromatic carbocycles. The summed E-state index contributed by atoms with van der Waals surface area (Å²) in [6.07, 6.45) is 0. The van der Waals surface area contributed by atoms with Crippen LogP contribution in [-0.2, 0) is 0 Å². The number of ether oxygens (including phenoxy) is 1. The third-order valence-corrected chi connectivity index (χ3v) is 3.66. The summed E-state index contributed by atoms with van der Waals surface area (Å²) in [5.41, 5.74) is 4.39. The number of hydrogen-bond acceptors (Lipinski definition) is 4. The number of rotatable bonds is 4. The van der Waals surface area contributed by atoms with Gasteiger partial charge in [0.05, 0.1) is 13.2 Å². The second-order valence-corrected chi connectivity index (χ2v) is 4.99. The molecule has 18 heavy (non-hydrogen) atoms. The number of nitrogens with two attached hydrogens (primary N) is 1. The minimum absolute atomic E-state index is 0.228. The van der Waals surface area contributed by atoms with Crippen LogP contribution >= 0.6 is 11.3 Å². The number of aryl methyl sites for hydroxylation is 1. The van der Waals surface area contributed by atoms with Gasteiger partial charge in [-0.1, -0.05) is 6.07 Å². The van der Waals surface area contributed by atoms with Gasteiger partial charge in [0.25, 0.3) is 0 Å². The van der Waals surface area contributed by atoms with E-state index in [9.17, 15) is 4.39 Å². The molecular formula is C13H15FN2OS. The molecule has 2 rings (SSSR count). The van der Waals surface area contributed by atoms with Gasteiger partial charge in [0.2, 0.25) is 0 Å². The first-order valence-electron chi connectivity index (χ1n) is 5.49. The Bertz CT molecular complexity index is 521. The van der Waals surface area contributed by atoms with Crippen LogP contribution in [0.5, 0.6) is 5.75 Å².